The lowest BCUT2D eigenvalue weighted by Crippen LogP contribution is -2.41. The largest absolute Gasteiger partial charge is 0.467 e. The molecule has 0 radical (unpaired) electrons. The predicted octanol–water partition coefficient (Wildman–Crippen LogP) is 1.65. The number of hydrogen-bond acceptors (Lipinski definition) is 4. The van der Waals surface area contributed by atoms with E-state index in [1.807, 2.05) is 6.07 Å². The second-order valence-electron chi connectivity index (χ2n) is 5.25. The molecule has 0 heterocycles. The Hall–Kier alpha value is -2.37. The maximum atomic E-state index is 12.1. The Bertz CT molecular complexity index is 517. The lowest BCUT2D eigenvalue weighted by molar-refractivity contribution is -0.143. The number of benzene rings is 1. The molecule has 126 valence electrons. The highest BCUT2D eigenvalue weighted by molar-refractivity contribution is 5.96. The zero-order chi connectivity index (χ0) is 17.1. The number of carbonyl (C=O) groups is 3. The van der Waals surface area contributed by atoms with E-state index < -0.39 is 12.0 Å². The van der Waals surface area contributed by atoms with Gasteiger partial charge in [-0.15, -0.1) is 0 Å². The second-order valence-corrected chi connectivity index (χ2v) is 5.25. The highest BCUT2D eigenvalue weighted by atomic mass is 16.5. The molecule has 23 heavy (non-hydrogen) atoms. The maximum Gasteiger partial charge on any atom is 0.328 e. The van der Waals surface area contributed by atoms with Crippen LogP contribution < -0.4 is 10.6 Å². The molecule has 1 aromatic rings. The van der Waals surface area contributed by atoms with Crippen molar-refractivity contribution >= 4 is 17.8 Å². The van der Waals surface area contributed by atoms with E-state index in [0.29, 0.717) is 18.5 Å². The molecule has 2 N–H and O–H groups in total. The molecule has 1 rings (SSSR count). The van der Waals surface area contributed by atoms with Crippen molar-refractivity contribution in [1.29, 1.82) is 0 Å². The quantitative estimate of drug-likeness (QED) is 0.535. The van der Waals surface area contributed by atoms with Gasteiger partial charge in [0.25, 0.3) is 5.91 Å². The number of carbonyl (C=O) groups excluding carboxylic acids is 3. The summed E-state index contributed by atoms with van der Waals surface area (Å²) in [5.74, 6) is -0.789. The Kier molecular flexibility index (Phi) is 8.42. The van der Waals surface area contributed by atoms with Gasteiger partial charge in [0.2, 0.25) is 5.91 Å². The van der Waals surface area contributed by atoms with Crippen molar-refractivity contribution in [2.24, 2.45) is 0 Å². The van der Waals surface area contributed by atoms with E-state index in [-0.39, 0.29) is 11.8 Å². The summed E-state index contributed by atoms with van der Waals surface area (Å²) in [6.45, 7) is 2.10. The molecule has 0 saturated carbocycles. The zero-order valence-corrected chi connectivity index (χ0v) is 13.6. The van der Waals surface area contributed by atoms with Crippen LogP contribution in [-0.4, -0.2) is 37.5 Å². The number of ether oxygens (including phenoxy) is 1. The minimum atomic E-state index is -0.659. The van der Waals surface area contributed by atoms with Crippen LogP contribution in [0.4, 0.5) is 0 Å². The van der Waals surface area contributed by atoms with Crippen LogP contribution in [0.2, 0.25) is 0 Å². The Morgan fingerprint density at radius 2 is 1.78 bits per heavy atom. The number of unbranched alkanes of at least 4 members (excludes halogenated alkanes) is 2. The van der Waals surface area contributed by atoms with Crippen molar-refractivity contribution in [2.75, 3.05) is 13.7 Å². The SMILES string of the molecule is COC(=O)C(CCCCCNC(C)=O)NC(=O)c1ccccc1. The van der Waals surface area contributed by atoms with Gasteiger partial charge in [0.05, 0.1) is 7.11 Å². The molecule has 0 spiro atoms. The van der Waals surface area contributed by atoms with Gasteiger partial charge in [-0.05, 0) is 25.0 Å². The van der Waals surface area contributed by atoms with Crippen LogP contribution in [0.15, 0.2) is 30.3 Å². The fourth-order valence-electron chi connectivity index (χ4n) is 2.14. The van der Waals surface area contributed by atoms with Crippen LogP contribution in [-0.2, 0) is 14.3 Å². The lowest BCUT2D eigenvalue weighted by atomic mass is 10.1. The van der Waals surface area contributed by atoms with E-state index in [1.165, 1.54) is 14.0 Å². The van der Waals surface area contributed by atoms with Gasteiger partial charge in [-0.1, -0.05) is 31.0 Å². The number of esters is 1. The molecule has 2 amide bonds. The van der Waals surface area contributed by atoms with E-state index in [4.69, 9.17) is 4.74 Å². The Morgan fingerprint density at radius 1 is 1.09 bits per heavy atom. The third kappa shape index (κ3) is 7.44. The van der Waals surface area contributed by atoms with Gasteiger partial charge in [-0.3, -0.25) is 9.59 Å². The first-order chi connectivity index (χ1) is 11.0. The van der Waals surface area contributed by atoms with Crippen LogP contribution in [0.25, 0.3) is 0 Å². The number of hydrogen-bond donors (Lipinski definition) is 2. The molecule has 0 saturated heterocycles. The summed E-state index contributed by atoms with van der Waals surface area (Å²) in [4.78, 5) is 34.7. The fourth-order valence-corrected chi connectivity index (χ4v) is 2.14. The van der Waals surface area contributed by atoms with E-state index in [1.54, 1.807) is 24.3 Å². The maximum absolute atomic E-state index is 12.1. The topological polar surface area (TPSA) is 84.5 Å². The third-order valence-corrected chi connectivity index (χ3v) is 3.37. The van der Waals surface area contributed by atoms with Gasteiger partial charge in [0.15, 0.2) is 0 Å². The lowest BCUT2D eigenvalue weighted by Gasteiger charge is -2.16. The van der Waals surface area contributed by atoms with Crippen molar-refractivity contribution in [3.05, 3.63) is 35.9 Å². The van der Waals surface area contributed by atoms with E-state index in [9.17, 15) is 14.4 Å². The normalized spacial score (nSPS) is 11.4. The molecule has 1 unspecified atom stereocenters. The van der Waals surface area contributed by atoms with Crippen molar-refractivity contribution in [3.8, 4) is 0 Å². The van der Waals surface area contributed by atoms with Gasteiger partial charge in [0.1, 0.15) is 6.04 Å². The first-order valence-electron chi connectivity index (χ1n) is 7.72. The van der Waals surface area contributed by atoms with Crippen molar-refractivity contribution < 1.29 is 19.1 Å². The second kappa shape index (κ2) is 10.4. The first kappa shape index (κ1) is 18.7. The van der Waals surface area contributed by atoms with Crippen LogP contribution in [0.1, 0.15) is 43.0 Å². The molecule has 6 heteroatoms. The van der Waals surface area contributed by atoms with E-state index >= 15 is 0 Å². The number of methoxy groups -OCH3 is 1. The smallest absolute Gasteiger partial charge is 0.328 e. The van der Waals surface area contributed by atoms with Gasteiger partial charge in [0, 0.05) is 19.0 Å². The minimum absolute atomic E-state index is 0.0486. The molecule has 0 aromatic heterocycles. The molecule has 0 fully saturated rings. The summed E-state index contributed by atoms with van der Waals surface area (Å²) in [7, 11) is 1.31. The number of rotatable bonds is 9. The highest BCUT2D eigenvalue weighted by Crippen LogP contribution is 2.07. The standard InChI is InChI=1S/C17H24N2O4/c1-13(20)18-12-8-4-7-11-15(17(22)23-2)19-16(21)14-9-5-3-6-10-14/h3,5-6,9-10,15H,4,7-8,11-12H2,1-2H3,(H,18,20)(H,19,21). The molecule has 0 aliphatic rings. The minimum Gasteiger partial charge on any atom is -0.467 e. The van der Waals surface area contributed by atoms with Crippen LogP contribution in [0.3, 0.4) is 0 Å². The van der Waals surface area contributed by atoms with Gasteiger partial charge >= 0.3 is 5.97 Å². The number of nitrogens with one attached hydrogen (secondary N) is 2. The van der Waals surface area contributed by atoms with Gasteiger partial charge in [-0.25, -0.2) is 4.79 Å². The fraction of sp³-hybridized carbons (Fsp3) is 0.471. The predicted molar refractivity (Wildman–Crippen MR) is 86.9 cm³/mol. The molecular weight excluding hydrogens is 296 g/mol. The summed E-state index contributed by atoms with van der Waals surface area (Å²) >= 11 is 0. The molecule has 0 aliphatic heterocycles. The summed E-state index contributed by atoms with van der Waals surface area (Å²) < 4.78 is 4.75. The van der Waals surface area contributed by atoms with Gasteiger partial charge < -0.3 is 15.4 Å². The first-order valence-corrected chi connectivity index (χ1v) is 7.72. The molecular formula is C17H24N2O4. The Balaban J connectivity index is 2.42. The average molecular weight is 320 g/mol. The monoisotopic (exact) mass is 320 g/mol. The molecule has 0 bridgehead atoms. The Morgan fingerprint density at radius 3 is 2.39 bits per heavy atom. The zero-order valence-electron chi connectivity index (χ0n) is 13.6. The summed E-state index contributed by atoms with van der Waals surface area (Å²) in [6, 6.07) is 8.08. The van der Waals surface area contributed by atoms with Crippen molar-refractivity contribution in [2.45, 2.75) is 38.6 Å². The summed E-state index contributed by atoms with van der Waals surface area (Å²) in [5.41, 5.74) is 0.507. The Labute approximate surface area is 136 Å². The molecule has 1 atom stereocenters. The molecule has 0 aliphatic carbocycles. The van der Waals surface area contributed by atoms with Crippen LogP contribution in [0.5, 0.6) is 0 Å². The van der Waals surface area contributed by atoms with E-state index in [0.717, 1.165) is 19.3 Å². The summed E-state index contributed by atoms with van der Waals surface area (Å²) in [5, 5.41) is 5.43. The third-order valence-electron chi connectivity index (χ3n) is 3.37. The van der Waals surface area contributed by atoms with Crippen LogP contribution >= 0.6 is 0 Å². The highest BCUT2D eigenvalue weighted by Gasteiger charge is 2.21. The molecule has 1 aromatic carbocycles. The van der Waals surface area contributed by atoms with Crippen LogP contribution in [0, 0.1) is 0 Å². The van der Waals surface area contributed by atoms with Gasteiger partial charge in [-0.2, -0.15) is 0 Å². The summed E-state index contributed by atoms with van der Waals surface area (Å²) in [6.07, 6.45) is 2.95. The van der Waals surface area contributed by atoms with Crippen molar-refractivity contribution in [1.82, 2.24) is 10.6 Å². The van der Waals surface area contributed by atoms with Crippen molar-refractivity contribution in [3.63, 3.8) is 0 Å². The van der Waals surface area contributed by atoms with E-state index in [2.05, 4.69) is 10.6 Å². The average Bonchev–Trinajstić information content (AvgIpc) is 2.56. The number of amides is 2. The molecule has 6 nitrogen and oxygen atoms in total.